The van der Waals surface area contributed by atoms with Crippen LogP contribution in [-0.4, -0.2) is 38.3 Å². The van der Waals surface area contributed by atoms with E-state index in [1.807, 2.05) is 0 Å². The average Bonchev–Trinajstić information content (AvgIpc) is 2.61. The molecule has 0 saturated heterocycles. The minimum absolute atomic E-state index is 0.00494. The number of carboxylic acids is 1. The second-order valence-corrected chi connectivity index (χ2v) is 3.33. The van der Waals surface area contributed by atoms with Crippen LogP contribution in [0.5, 0.6) is 0 Å². The molecular formula is C9H14N4O3. The number of nitrogens with zero attached hydrogens (tertiary/aromatic N) is 3. The van der Waals surface area contributed by atoms with Gasteiger partial charge in [-0.1, -0.05) is 0 Å². The van der Waals surface area contributed by atoms with Crippen LogP contribution in [-0.2, 0) is 23.1 Å². The minimum Gasteiger partial charge on any atom is -0.481 e. The lowest BCUT2D eigenvalue weighted by molar-refractivity contribution is -0.138. The smallest absolute Gasteiger partial charge is 0.303 e. The van der Waals surface area contributed by atoms with E-state index in [9.17, 15) is 9.59 Å². The minimum atomic E-state index is -0.971. The summed E-state index contributed by atoms with van der Waals surface area (Å²) >= 11 is 0. The molecule has 16 heavy (non-hydrogen) atoms. The van der Waals surface area contributed by atoms with Gasteiger partial charge in [-0.25, -0.2) is 4.98 Å². The molecule has 0 spiro atoms. The van der Waals surface area contributed by atoms with Gasteiger partial charge in [-0.15, -0.1) is 0 Å². The third kappa shape index (κ3) is 4.54. The predicted octanol–water partition coefficient (Wildman–Crippen LogP) is -0.661. The number of hydrogen-bond donors (Lipinski definition) is 2. The molecule has 0 bridgehead atoms. The van der Waals surface area contributed by atoms with Crippen molar-refractivity contribution in [1.82, 2.24) is 20.1 Å². The molecule has 1 aromatic heterocycles. The zero-order valence-corrected chi connectivity index (χ0v) is 9.01. The van der Waals surface area contributed by atoms with Crippen LogP contribution >= 0.6 is 0 Å². The first kappa shape index (κ1) is 12.2. The van der Waals surface area contributed by atoms with E-state index in [1.165, 1.54) is 0 Å². The van der Waals surface area contributed by atoms with E-state index < -0.39 is 5.97 Å². The van der Waals surface area contributed by atoms with Gasteiger partial charge in [-0.05, 0) is 0 Å². The van der Waals surface area contributed by atoms with Gasteiger partial charge in [-0.3, -0.25) is 14.3 Å². The van der Waals surface area contributed by atoms with Gasteiger partial charge in [0, 0.05) is 26.4 Å². The van der Waals surface area contributed by atoms with Crippen molar-refractivity contribution in [3.63, 3.8) is 0 Å². The van der Waals surface area contributed by atoms with Crippen molar-refractivity contribution in [2.24, 2.45) is 7.05 Å². The first-order valence-corrected chi connectivity index (χ1v) is 4.91. The standard InChI is InChI=1S/C9H14N4O3/c1-13-6-11-7(12-13)4-5-10-8(14)2-3-9(15)16/h6H,2-5H2,1H3,(H,10,14)(H,15,16). The van der Waals surface area contributed by atoms with Crippen molar-refractivity contribution >= 4 is 11.9 Å². The Bertz CT molecular complexity index is 375. The molecule has 7 heteroatoms. The van der Waals surface area contributed by atoms with Crippen molar-refractivity contribution in [2.75, 3.05) is 6.54 Å². The number of aromatic nitrogens is 3. The summed E-state index contributed by atoms with van der Waals surface area (Å²) in [5, 5.41) is 15.0. The van der Waals surface area contributed by atoms with Crippen molar-refractivity contribution in [3.8, 4) is 0 Å². The highest BCUT2D eigenvalue weighted by molar-refractivity contribution is 5.80. The zero-order chi connectivity index (χ0) is 12.0. The van der Waals surface area contributed by atoms with Crippen LogP contribution in [0.4, 0.5) is 0 Å². The fourth-order valence-corrected chi connectivity index (χ4v) is 1.12. The van der Waals surface area contributed by atoms with Crippen LogP contribution in [0.2, 0.25) is 0 Å². The second kappa shape index (κ2) is 5.84. The molecule has 0 unspecified atom stereocenters. The van der Waals surface area contributed by atoms with E-state index in [2.05, 4.69) is 15.4 Å². The first-order valence-electron chi connectivity index (χ1n) is 4.91. The maximum absolute atomic E-state index is 11.1. The van der Waals surface area contributed by atoms with Crippen molar-refractivity contribution < 1.29 is 14.7 Å². The summed E-state index contributed by atoms with van der Waals surface area (Å²) in [6.07, 6.45) is 1.99. The van der Waals surface area contributed by atoms with E-state index in [0.717, 1.165) is 0 Å². The highest BCUT2D eigenvalue weighted by atomic mass is 16.4. The quantitative estimate of drug-likeness (QED) is 0.671. The number of aryl methyl sites for hydroxylation is 1. The summed E-state index contributed by atoms with van der Waals surface area (Å²) < 4.78 is 1.58. The molecule has 0 saturated carbocycles. The van der Waals surface area contributed by atoms with Gasteiger partial charge >= 0.3 is 5.97 Å². The number of aliphatic carboxylic acids is 1. The fourth-order valence-electron chi connectivity index (χ4n) is 1.12. The maximum Gasteiger partial charge on any atom is 0.303 e. The van der Waals surface area contributed by atoms with Gasteiger partial charge in [0.1, 0.15) is 6.33 Å². The number of amides is 1. The van der Waals surface area contributed by atoms with Gasteiger partial charge in [0.05, 0.1) is 6.42 Å². The van der Waals surface area contributed by atoms with Crippen LogP contribution < -0.4 is 5.32 Å². The lowest BCUT2D eigenvalue weighted by Gasteiger charge is -2.01. The molecule has 0 aliphatic heterocycles. The van der Waals surface area contributed by atoms with Crippen LogP contribution in [0.3, 0.4) is 0 Å². The molecule has 88 valence electrons. The molecule has 1 aromatic rings. The Kier molecular flexibility index (Phi) is 4.43. The van der Waals surface area contributed by atoms with Crippen molar-refractivity contribution in [3.05, 3.63) is 12.2 Å². The Balaban J connectivity index is 2.15. The highest BCUT2D eigenvalue weighted by Gasteiger charge is 2.05. The number of carboxylic acid groups (broad SMARTS) is 1. The van der Waals surface area contributed by atoms with Crippen molar-refractivity contribution in [1.29, 1.82) is 0 Å². The fraction of sp³-hybridized carbons (Fsp3) is 0.556. The van der Waals surface area contributed by atoms with Crippen molar-refractivity contribution in [2.45, 2.75) is 19.3 Å². The van der Waals surface area contributed by atoms with E-state index >= 15 is 0 Å². The third-order valence-corrected chi connectivity index (χ3v) is 1.88. The molecular weight excluding hydrogens is 212 g/mol. The lowest BCUT2D eigenvalue weighted by atomic mass is 10.3. The largest absolute Gasteiger partial charge is 0.481 e. The zero-order valence-electron chi connectivity index (χ0n) is 9.01. The third-order valence-electron chi connectivity index (χ3n) is 1.88. The lowest BCUT2D eigenvalue weighted by Crippen LogP contribution is -2.26. The summed E-state index contributed by atoms with van der Waals surface area (Å²) in [4.78, 5) is 25.3. The van der Waals surface area contributed by atoms with Crippen LogP contribution in [0.1, 0.15) is 18.7 Å². The van der Waals surface area contributed by atoms with Gasteiger partial charge in [-0.2, -0.15) is 5.10 Å². The van der Waals surface area contributed by atoms with E-state index in [1.54, 1.807) is 18.1 Å². The molecule has 1 heterocycles. The predicted molar refractivity (Wildman–Crippen MR) is 54.6 cm³/mol. The molecule has 7 nitrogen and oxygen atoms in total. The highest BCUT2D eigenvalue weighted by Crippen LogP contribution is 1.91. The van der Waals surface area contributed by atoms with Gasteiger partial charge in [0.2, 0.25) is 5.91 Å². The molecule has 0 fully saturated rings. The average molecular weight is 226 g/mol. The Hall–Kier alpha value is -1.92. The number of hydrogen-bond acceptors (Lipinski definition) is 4. The van der Waals surface area contributed by atoms with E-state index in [0.29, 0.717) is 18.8 Å². The molecule has 0 aliphatic rings. The molecule has 1 amide bonds. The first-order chi connectivity index (χ1) is 7.58. The summed E-state index contributed by atoms with van der Waals surface area (Å²) in [6.45, 7) is 0.419. The summed E-state index contributed by atoms with van der Waals surface area (Å²) in [6, 6.07) is 0. The number of rotatable bonds is 6. The van der Waals surface area contributed by atoms with Gasteiger partial charge in [0.15, 0.2) is 5.82 Å². The van der Waals surface area contributed by atoms with Gasteiger partial charge in [0.25, 0.3) is 0 Å². The summed E-state index contributed by atoms with van der Waals surface area (Å²) in [5.74, 6) is -0.582. The number of carbonyl (C=O) groups is 2. The SMILES string of the molecule is Cn1cnc(CCNC(=O)CCC(=O)O)n1. The number of nitrogens with one attached hydrogen (secondary N) is 1. The second-order valence-electron chi connectivity index (χ2n) is 3.33. The van der Waals surface area contributed by atoms with Crippen LogP contribution in [0.25, 0.3) is 0 Å². The Labute approximate surface area is 92.5 Å². The topological polar surface area (TPSA) is 97.1 Å². The maximum atomic E-state index is 11.1. The molecule has 0 radical (unpaired) electrons. The molecule has 0 aliphatic carbocycles. The Morgan fingerprint density at radius 2 is 2.25 bits per heavy atom. The molecule has 2 N–H and O–H groups in total. The normalized spacial score (nSPS) is 10.1. The summed E-state index contributed by atoms with van der Waals surface area (Å²) in [7, 11) is 1.77. The Morgan fingerprint density at radius 1 is 1.50 bits per heavy atom. The summed E-state index contributed by atoms with van der Waals surface area (Å²) in [5.41, 5.74) is 0. The molecule has 1 rings (SSSR count). The van der Waals surface area contributed by atoms with Crippen LogP contribution in [0, 0.1) is 0 Å². The van der Waals surface area contributed by atoms with Crippen LogP contribution in [0.15, 0.2) is 6.33 Å². The molecule has 0 atom stereocenters. The monoisotopic (exact) mass is 226 g/mol. The van der Waals surface area contributed by atoms with E-state index in [-0.39, 0.29) is 18.7 Å². The Morgan fingerprint density at radius 3 is 2.81 bits per heavy atom. The van der Waals surface area contributed by atoms with Gasteiger partial charge < -0.3 is 10.4 Å². The molecule has 0 aromatic carbocycles. The van der Waals surface area contributed by atoms with E-state index in [4.69, 9.17) is 5.11 Å². The number of carbonyl (C=O) groups excluding carboxylic acids is 1.